The van der Waals surface area contributed by atoms with Gasteiger partial charge in [0.05, 0.1) is 6.61 Å². The van der Waals surface area contributed by atoms with E-state index >= 15 is 0 Å². The molecular formula is C14H24N2O4. The maximum atomic E-state index is 11.9. The van der Waals surface area contributed by atoms with Gasteiger partial charge in [-0.05, 0) is 16.7 Å². The fourth-order valence-electron chi connectivity index (χ4n) is 3.19. The predicted molar refractivity (Wildman–Crippen MR) is 73.4 cm³/mol. The largest absolute Gasteiger partial charge is 0.479 e. The van der Waals surface area contributed by atoms with Gasteiger partial charge in [0.2, 0.25) is 0 Å². The van der Waals surface area contributed by atoms with Gasteiger partial charge in [0.1, 0.15) is 0 Å². The third-order valence-corrected chi connectivity index (χ3v) is 5.57. The summed E-state index contributed by atoms with van der Waals surface area (Å²) in [6, 6.07) is -0.434. The molecule has 1 atom stereocenters. The van der Waals surface area contributed by atoms with Crippen molar-refractivity contribution in [2.75, 3.05) is 19.8 Å². The highest BCUT2D eigenvalue weighted by Crippen LogP contribution is 2.67. The number of hydrogen-bond acceptors (Lipinski definition) is 3. The SMILES string of the molecule is CC1(C)C(CNC(=O)NC2(C(=O)O)CCOC2)C1(C)C. The number of carboxylic acid groups (broad SMARTS) is 1. The summed E-state index contributed by atoms with van der Waals surface area (Å²) in [4.78, 5) is 23.2. The lowest BCUT2D eigenvalue weighted by molar-refractivity contribution is -0.144. The molecule has 6 heteroatoms. The summed E-state index contributed by atoms with van der Waals surface area (Å²) in [5.74, 6) is -0.640. The molecule has 1 aliphatic heterocycles. The van der Waals surface area contributed by atoms with E-state index in [1.807, 2.05) is 0 Å². The first-order valence-corrected chi connectivity index (χ1v) is 7.01. The van der Waals surface area contributed by atoms with Crippen molar-refractivity contribution in [2.24, 2.45) is 16.7 Å². The highest BCUT2D eigenvalue weighted by molar-refractivity contribution is 5.86. The van der Waals surface area contributed by atoms with Gasteiger partial charge in [0.25, 0.3) is 0 Å². The van der Waals surface area contributed by atoms with E-state index in [9.17, 15) is 14.7 Å². The zero-order valence-electron chi connectivity index (χ0n) is 12.6. The van der Waals surface area contributed by atoms with Crippen molar-refractivity contribution < 1.29 is 19.4 Å². The van der Waals surface area contributed by atoms with E-state index in [0.29, 0.717) is 25.5 Å². The number of carbonyl (C=O) groups is 2. The summed E-state index contributed by atoms with van der Waals surface area (Å²) in [5.41, 5.74) is -0.888. The molecule has 1 heterocycles. The molecule has 2 rings (SSSR count). The highest BCUT2D eigenvalue weighted by atomic mass is 16.5. The summed E-state index contributed by atoms with van der Waals surface area (Å²) < 4.78 is 5.10. The standard InChI is InChI=1S/C14H24N2O4/c1-12(2)9(13(12,3)4)7-15-11(19)16-14(10(17)18)5-6-20-8-14/h9H,5-8H2,1-4H3,(H,17,18)(H2,15,16,19). The third-order valence-electron chi connectivity index (χ3n) is 5.57. The number of aliphatic carboxylic acids is 1. The summed E-state index contributed by atoms with van der Waals surface area (Å²) >= 11 is 0. The summed E-state index contributed by atoms with van der Waals surface area (Å²) in [6.07, 6.45) is 0.302. The third kappa shape index (κ3) is 2.26. The Morgan fingerprint density at radius 2 is 1.85 bits per heavy atom. The Kier molecular flexibility index (Phi) is 3.48. The number of carbonyl (C=O) groups excluding carboxylic acids is 1. The number of rotatable bonds is 4. The van der Waals surface area contributed by atoms with Crippen LogP contribution >= 0.6 is 0 Å². The van der Waals surface area contributed by atoms with E-state index in [4.69, 9.17) is 4.74 Å². The molecule has 20 heavy (non-hydrogen) atoms. The van der Waals surface area contributed by atoms with Crippen molar-refractivity contribution >= 4 is 12.0 Å². The van der Waals surface area contributed by atoms with Crippen LogP contribution in [0.15, 0.2) is 0 Å². The smallest absolute Gasteiger partial charge is 0.332 e. The molecule has 2 fully saturated rings. The lowest BCUT2D eigenvalue weighted by Gasteiger charge is -2.23. The second-order valence-corrected chi connectivity index (χ2v) is 7.02. The maximum Gasteiger partial charge on any atom is 0.332 e. The molecule has 1 saturated heterocycles. The van der Waals surface area contributed by atoms with Gasteiger partial charge in [0.15, 0.2) is 5.54 Å². The van der Waals surface area contributed by atoms with Gasteiger partial charge in [-0.3, -0.25) is 0 Å². The minimum atomic E-state index is -1.28. The molecule has 0 aromatic carbocycles. The molecule has 2 aliphatic rings. The second kappa shape index (κ2) is 4.62. The quantitative estimate of drug-likeness (QED) is 0.724. The molecule has 0 aromatic heterocycles. The van der Waals surface area contributed by atoms with Crippen molar-refractivity contribution in [3.8, 4) is 0 Å². The molecule has 0 bridgehead atoms. The molecule has 0 aromatic rings. The molecule has 114 valence electrons. The lowest BCUT2D eigenvalue weighted by atomic mass is 9.99. The van der Waals surface area contributed by atoms with Crippen molar-refractivity contribution in [3.63, 3.8) is 0 Å². The molecule has 0 spiro atoms. The number of amides is 2. The molecule has 1 aliphatic carbocycles. The first-order valence-electron chi connectivity index (χ1n) is 7.01. The fraction of sp³-hybridized carbons (Fsp3) is 0.857. The molecule has 1 unspecified atom stereocenters. The normalized spacial score (nSPS) is 30.8. The summed E-state index contributed by atoms with van der Waals surface area (Å²) in [5, 5.41) is 14.6. The van der Waals surface area contributed by atoms with Crippen molar-refractivity contribution in [1.82, 2.24) is 10.6 Å². The van der Waals surface area contributed by atoms with Crippen LogP contribution in [0.25, 0.3) is 0 Å². The zero-order chi connectivity index (χ0) is 15.2. The van der Waals surface area contributed by atoms with Gasteiger partial charge in [-0.2, -0.15) is 0 Å². The van der Waals surface area contributed by atoms with Crippen LogP contribution in [0.3, 0.4) is 0 Å². The van der Waals surface area contributed by atoms with Crippen LogP contribution in [0.4, 0.5) is 4.79 Å². The van der Waals surface area contributed by atoms with Gasteiger partial charge in [-0.15, -0.1) is 0 Å². The Hall–Kier alpha value is -1.30. The van der Waals surface area contributed by atoms with Crippen LogP contribution in [-0.2, 0) is 9.53 Å². The van der Waals surface area contributed by atoms with Gasteiger partial charge in [-0.25, -0.2) is 9.59 Å². The van der Waals surface area contributed by atoms with Crippen LogP contribution in [-0.4, -0.2) is 42.4 Å². The Bertz CT molecular complexity index is 411. The zero-order valence-corrected chi connectivity index (χ0v) is 12.6. The lowest BCUT2D eigenvalue weighted by Crippen LogP contribution is -2.58. The van der Waals surface area contributed by atoms with Gasteiger partial charge < -0.3 is 20.5 Å². The van der Waals surface area contributed by atoms with Crippen molar-refractivity contribution in [2.45, 2.75) is 39.7 Å². The molecule has 2 amide bonds. The number of hydrogen-bond donors (Lipinski definition) is 3. The topological polar surface area (TPSA) is 87.7 Å². The van der Waals surface area contributed by atoms with Crippen molar-refractivity contribution in [1.29, 1.82) is 0 Å². The van der Waals surface area contributed by atoms with E-state index in [0.717, 1.165) is 0 Å². The Morgan fingerprint density at radius 3 is 2.25 bits per heavy atom. The minimum Gasteiger partial charge on any atom is -0.479 e. The van der Waals surface area contributed by atoms with Gasteiger partial charge in [0, 0.05) is 19.6 Å². The second-order valence-electron chi connectivity index (χ2n) is 7.02. The summed E-state index contributed by atoms with van der Waals surface area (Å²) in [7, 11) is 0. The van der Waals surface area contributed by atoms with Gasteiger partial charge >= 0.3 is 12.0 Å². The van der Waals surface area contributed by atoms with E-state index in [2.05, 4.69) is 38.3 Å². The van der Waals surface area contributed by atoms with Gasteiger partial charge in [-0.1, -0.05) is 27.7 Å². The van der Waals surface area contributed by atoms with Crippen LogP contribution in [0.5, 0.6) is 0 Å². The molecule has 3 N–H and O–H groups in total. The van der Waals surface area contributed by atoms with E-state index in [-0.39, 0.29) is 17.4 Å². The number of urea groups is 1. The van der Waals surface area contributed by atoms with Crippen LogP contribution in [0, 0.1) is 16.7 Å². The number of nitrogens with one attached hydrogen (secondary N) is 2. The number of ether oxygens (including phenoxy) is 1. The van der Waals surface area contributed by atoms with Crippen LogP contribution in [0.1, 0.15) is 34.1 Å². The first-order chi connectivity index (χ1) is 9.13. The first kappa shape index (κ1) is 15.1. The van der Waals surface area contributed by atoms with Crippen molar-refractivity contribution in [3.05, 3.63) is 0 Å². The Morgan fingerprint density at radius 1 is 1.25 bits per heavy atom. The molecule has 6 nitrogen and oxygen atoms in total. The average Bonchev–Trinajstić information content (AvgIpc) is 2.71. The Balaban J connectivity index is 1.86. The summed E-state index contributed by atoms with van der Waals surface area (Å²) in [6.45, 7) is 9.66. The fourth-order valence-corrected chi connectivity index (χ4v) is 3.19. The van der Waals surface area contributed by atoms with E-state index in [1.54, 1.807) is 0 Å². The average molecular weight is 284 g/mol. The van der Waals surface area contributed by atoms with E-state index in [1.165, 1.54) is 0 Å². The monoisotopic (exact) mass is 284 g/mol. The van der Waals surface area contributed by atoms with E-state index < -0.39 is 17.5 Å². The molecule has 1 saturated carbocycles. The molecule has 0 radical (unpaired) electrons. The van der Waals surface area contributed by atoms with Crippen LogP contribution < -0.4 is 10.6 Å². The number of carboxylic acids is 1. The van der Waals surface area contributed by atoms with Crippen LogP contribution in [0.2, 0.25) is 0 Å². The maximum absolute atomic E-state index is 11.9. The minimum absolute atomic E-state index is 0.0240. The predicted octanol–water partition coefficient (Wildman–Crippen LogP) is 1.21. The molecular weight excluding hydrogens is 260 g/mol. The Labute approximate surface area is 119 Å². The highest BCUT2D eigenvalue weighted by Gasteiger charge is 2.64.